The van der Waals surface area contributed by atoms with Gasteiger partial charge in [-0.1, -0.05) is 26.7 Å². The first-order valence-corrected chi connectivity index (χ1v) is 7.59. The summed E-state index contributed by atoms with van der Waals surface area (Å²) in [6.45, 7) is 7.30. The third kappa shape index (κ3) is 3.47. The second-order valence-corrected chi connectivity index (χ2v) is 6.66. The van der Waals surface area contributed by atoms with Crippen molar-refractivity contribution in [3.63, 3.8) is 0 Å². The number of hydrogen-bond acceptors (Lipinski definition) is 2. The van der Waals surface area contributed by atoms with Crippen LogP contribution >= 0.6 is 0 Å². The summed E-state index contributed by atoms with van der Waals surface area (Å²) in [5.74, 6) is 1.83. The van der Waals surface area contributed by atoms with Crippen LogP contribution in [-0.4, -0.2) is 25.5 Å². The minimum Gasteiger partial charge on any atom is -0.355 e. The van der Waals surface area contributed by atoms with Gasteiger partial charge in [-0.05, 0) is 50.6 Å². The van der Waals surface area contributed by atoms with Crippen LogP contribution in [0.3, 0.4) is 0 Å². The van der Waals surface area contributed by atoms with Crippen molar-refractivity contribution in [2.24, 2.45) is 17.3 Å². The third-order valence-corrected chi connectivity index (χ3v) is 4.85. The van der Waals surface area contributed by atoms with Crippen LogP contribution in [0.5, 0.6) is 0 Å². The number of carbonyl (C=O) groups is 1. The standard InChI is InChI=1S/C15H28N2O/c1-12-4-3-5-13(10-12)11-17-14(18)15(2)6-8-16-9-7-15/h12-13,16H,3-11H2,1-2H3,(H,17,18). The van der Waals surface area contributed by atoms with Crippen molar-refractivity contribution < 1.29 is 4.79 Å². The first-order chi connectivity index (χ1) is 8.60. The highest BCUT2D eigenvalue weighted by atomic mass is 16.2. The summed E-state index contributed by atoms with van der Waals surface area (Å²) in [6, 6.07) is 0. The van der Waals surface area contributed by atoms with Crippen LogP contribution in [0, 0.1) is 17.3 Å². The Kier molecular flexibility index (Phi) is 4.66. The summed E-state index contributed by atoms with van der Waals surface area (Å²) in [7, 11) is 0. The van der Waals surface area contributed by atoms with Crippen molar-refractivity contribution in [2.75, 3.05) is 19.6 Å². The predicted molar refractivity (Wildman–Crippen MR) is 74.3 cm³/mol. The molecule has 2 N–H and O–H groups in total. The second-order valence-electron chi connectivity index (χ2n) is 6.66. The van der Waals surface area contributed by atoms with E-state index < -0.39 is 0 Å². The van der Waals surface area contributed by atoms with Crippen molar-refractivity contribution >= 4 is 5.91 Å². The number of rotatable bonds is 3. The molecule has 0 bridgehead atoms. The van der Waals surface area contributed by atoms with Gasteiger partial charge in [-0.3, -0.25) is 4.79 Å². The molecule has 0 aromatic carbocycles. The average molecular weight is 252 g/mol. The molecule has 0 aromatic heterocycles. The van der Waals surface area contributed by atoms with Gasteiger partial charge in [0.1, 0.15) is 0 Å². The molecule has 2 rings (SSSR count). The Balaban J connectivity index is 1.76. The van der Waals surface area contributed by atoms with E-state index in [1.54, 1.807) is 0 Å². The molecule has 0 aromatic rings. The molecule has 2 fully saturated rings. The zero-order valence-electron chi connectivity index (χ0n) is 11.9. The highest BCUT2D eigenvalue weighted by Crippen LogP contribution is 2.30. The van der Waals surface area contributed by atoms with E-state index in [2.05, 4.69) is 24.5 Å². The van der Waals surface area contributed by atoms with Crippen LogP contribution in [-0.2, 0) is 4.79 Å². The largest absolute Gasteiger partial charge is 0.355 e. The number of nitrogens with one attached hydrogen (secondary N) is 2. The summed E-state index contributed by atoms with van der Waals surface area (Å²) in [5, 5.41) is 6.54. The highest BCUT2D eigenvalue weighted by molar-refractivity contribution is 5.82. The molecule has 1 amide bonds. The summed E-state index contributed by atoms with van der Waals surface area (Å²) < 4.78 is 0. The van der Waals surface area contributed by atoms with E-state index in [-0.39, 0.29) is 11.3 Å². The van der Waals surface area contributed by atoms with Crippen LogP contribution in [0.4, 0.5) is 0 Å². The van der Waals surface area contributed by atoms with Crippen LogP contribution < -0.4 is 10.6 Å². The molecular formula is C15H28N2O. The lowest BCUT2D eigenvalue weighted by molar-refractivity contribution is -0.131. The Labute approximate surface area is 111 Å². The van der Waals surface area contributed by atoms with Crippen LogP contribution in [0.2, 0.25) is 0 Å². The molecule has 104 valence electrons. The second kappa shape index (κ2) is 6.05. The number of piperidine rings is 1. The van der Waals surface area contributed by atoms with Crippen molar-refractivity contribution in [3.8, 4) is 0 Å². The lowest BCUT2D eigenvalue weighted by Crippen LogP contribution is -2.47. The van der Waals surface area contributed by atoms with E-state index in [9.17, 15) is 4.79 Å². The molecule has 1 heterocycles. The zero-order chi connectivity index (χ0) is 13.0. The Hall–Kier alpha value is -0.570. The minimum absolute atomic E-state index is 0.133. The lowest BCUT2D eigenvalue weighted by Gasteiger charge is -2.34. The van der Waals surface area contributed by atoms with E-state index in [1.807, 2.05) is 0 Å². The van der Waals surface area contributed by atoms with Gasteiger partial charge in [-0.25, -0.2) is 0 Å². The fourth-order valence-electron chi connectivity index (χ4n) is 3.40. The molecule has 2 aliphatic rings. The molecule has 1 aliphatic carbocycles. The van der Waals surface area contributed by atoms with E-state index >= 15 is 0 Å². The Bertz CT molecular complexity index is 284. The Morgan fingerprint density at radius 1 is 1.33 bits per heavy atom. The van der Waals surface area contributed by atoms with Gasteiger partial charge in [-0.15, -0.1) is 0 Å². The Morgan fingerprint density at radius 3 is 2.72 bits per heavy atom. The van der Waals surface area contributed by atoms with Crippen molar-refractivity contribution in [1.82, 2.24) is 10.6 Å². The molecule has 2 unspecified atom stereocenters. The molecule has 0 spiro atoms. The quantitative estimate of drug-likeness (QED) is 0.809. The molecule has 1 aliphatic heterocycles. The van der Waals surface area contributed by atoms with Gasteiger partial charge in [-0.2, -0.15) is 0 Å². The van der Waals surface area contributed by atoms with Crippen molar-refractivity contribution in [2.45, 2.75) is 52.4 Å². The maximum atomic E-state index is 12.3. The van der Waals surface area contributed by atoms with Crippen LogP contribution in [0.15, 0.2) is 0 Å². The molecule has 3 nitrogen and oxygen atoms in total. The van der Waals surface area contributed by atoms with Gasteiger partial charge >= 0.3 is 0 Å². The van der Waals surface area contributed by atoms with E-state index in [4.69, 9.17) is 0 Å². The Morgan fingerprint density at radius 2 is 2.06 bits per heavy atom. The highest BCUT2D eigenvalue weighted by Gasteiger charge is 2.34. The van der Waals surface area contributed by atoms with Crippen LogP contribution in [0.1, 0.15) is 52.4 Å². The normalized spacial score (nSPS) is 31.9. The molecular weight excluding hydrogens is 224 g/mol. The monoisotopic (exact) mass is 252 g/mol. The first-order valence-electron chi connectivity index (χ1n) is 7.59. The molecule has 2 atom stereocenters. The molecule has 18 heavy (non-hydrogen) atoms. The first kappa shape index (κ1) is 13.9. The number of carbonyl (C=O) groups excluding carboxylic acids is 1. The maximum absolute atomic E-state index is 12.3. The smallest absolute Gasteiger partial charge is 0.226 e. The predicted octanol–water partition coefficient (Wildman–Crippen LogP) is 2.32. The fourth-order valence-corrected chi connectivity index (χ4v) is 3.40. The molecule has 1 saturated heterocycles. The summed E-state index contributed by atoms with van der Waals surface area (Å²) in [4.78, 5) is 12.3. The van der Waals surface area contributed by atoms with Crippen molar-refractivity contribution in [3.05, 3.63) is 0 Å². The minimum atomic E-state index is -0.133. The number of amides is 1. The van der Waals surface area contributed by atoms with E-state index in [0.717, 1.165) is 38.4 Å². The maximum Gasteiger partial charge on any atom is 0.226 e. The summed E-state index contributed by atoms with van der Waals surface area (Å²) >= 11 is 0. The van der Waals surface area contributed by atoms with E-state index in [1.165, 1.54) is 25.7 Å². The van der Waals surface area contributed by atoms with Gasteiger partial charge in [0.15, 0.2) is 0 Å². The fraction of sp³-hybridized carbons (Fsp3) is 0.933. The van der Waals surface area contributed by atoms with E-state index in [0.29, 0.717) is 5.92 Å². The van der Waals surface area contributed by atoms with Gasteiger partial charge in [0, 0.05) is 12.0 Å². The third-order valence-electron chi connectivity index (χ3n) is 4.85. The van der Waals surface area contributed by atoms with Gasteiger partial charge in [0.25, 0.3) is 0 Å². The summed E-state index contributed by atoms with van der Waals surface area (Å²) in [6.07, 6.45) is 7.23. The van der Waals surface area contributed by atoms with Crippen molar-refractivity contribution in [1.29, 1.82) is 0 Å². The van der Waals surface area contributed by atoms with Crippen LogP contribution in [0.25, 0.3) is 0 Å². The molecule has 0 radical (unpaired) electrons. The lowest BCUT2D eigenvalue weighted by atomic mass is 9.79. The van der Waals surface area contributed by atoms with Gasteiger partial charge in [0.05, 0.1) is 0 Å². The SMILES string of the molecule is CC1CCCC(CNC(=O)C2(C)CCNCC2)C1. The van der Waals surface area contributed by atoms with Gasteiger partial charge in [0.2, 0.25) is 5.91 Å². The molecule has 1 saturated carbocycles. The average Bonchev–Trinajstić information content (AvgIpc) is 2.37. The molecule has 3 heteroatoms. The number of hydrogen-bond donors (Lipinski definition) is 2. The summed E-state index contributed by atoms with van der Waals surface area (Å²) in [5.41, 5.74) is -0.133. The van der Waals surface area contributed by atoms with Gasteiger partial charge < -0.3 is 10.6 Å². The topological polar surface area (TPSA) is 41.1 Å². The zero-order valence-corrected chi connectivity index (χ0v) is 11.9.